The molecule has 1 unspecified atom stereocenters. The van der Waals surface area contributed by atoms with Crippen molar-refractivity contribution in [3.63, 3.8) is 0 Å². The number of aromatic nitrogens is 2. The highest BCUT2D eigenvalue weighted by atomic mass is 35.5. The summed E-state index contributed by atoms with van der Waals surface area (Å²) in [7, 11) is 0. The molecule has 0 aliphatic carbocycles. The van der Waals surface area contributed by atoms with Crippen molar-refractivity contribution in [2.45, 2.75) is 18.2 Å². The summed E-state index contributed by atoms with van der Waals surface area (Å²) in [6, 6.07) is 13.5. The van der Waals surface area contributed by atoms with Gasteiger partial charge in [-0.15, -0.1) is 21.8 Å². The lowest BCUT2D eigenvalue weighted by atomic mass is 10.1. The number of rotatable bonds is 5. The van der Waals surface area contributed by atoms with E-state index >= 15 is 0 Å². The van der Waals surface area contributed by atoms with E-state index in [2.05, 4.69) is 10.2 Å². The highest BCUT2D eigenvalue weighted by Gasteiger charge is 2.17. The molecule has 5 heteroatoms. The number of alkyl halides is 1. The molecule has 3 aromatic rings. The maximum Gasteiger partial charge on any atom is 0.238 e. The number of furan rings is 1. The van der Waals surface area contributed by atoms with Crippen molar-refractivity contribution in [2.24, 2.45) is 0 Å². The normalized spacial score (nSPS) is 12.4. The van der Waals surface area contributed by atoms with Crippen LogP contribution in [0.1, 0.15) is 28.5 Å². The molecule has 2 aromatic heterocycles. The van der Waals surface area contributed by atoms with Crippen LogP contribution in [0.5, 0.6) is 0 Å². The van der Waals surface area contributed by atoms with E-state index in [1.807, 2.05) is 42.5 Å². The number of aryl methyl sites for hydroxylation is 2. The Morgan fingerprint density at radius 1 is 1.00 bits per heavy atom. The van der Waals surface area contributed by atoms with Crippen molar-refractivity contribution in [1.29, 1.82) is 0 Å². The third kappa shape index (κ3) is 2.91. The van der Waals surface area contributed by atoms with E-state index in [-0.39, 0.29) is 0 Å². The second-order valence-corrected chi connectivity index (χ2v) is 4.82. The Bertz CT molecular complexity index is 650. The average Bonchev–Trinajstić information content (AvgIpc) is 3.17. The van der Waals surface area contributed by atoms with Crippen LogP contribution < -0.4 is 0 Å². The molecule has 0 fully saturated rings. The third-order valence-corrected chi connectivity index (χ3v) is 3.40. The van der Waals surface area contributed by atoms with Gasteiger partial charge in [-0.1, -0.05) is 30.3 Å². The van der Waals surface area contributed by atoms with Crippen LogP contribution in [-0.2, 0) is 12.8 Å². The lowest BCUT2D eigenvalue weighted by Crippen LogP contribution is -1.92. The predicted octanol–water partition coefficient (Wildman–Crippen LogP) is 3.78. The highest BCUT2D eigenvalue weighted by molar-refractivity contribution is 6.22. The first-order valence-corrected chi connectivity index (χ1v) is 6.80. The van der Waals surface area contributed by atoms with Crippen LogP contribution in [0.3, 0.4) is 0 Å². The number of hydrogen-bond acceptors (Lipinski definition) is 4. The van der Waals surface area contributed by atoms with Crippen molar-refractivity contribution in [3.05, 3.63) is 71.8 Å². The van der Waals surface area contributed by atoms with Gasteiger partial charge in [-0.25, -0.2) is 0 Å². The van der Waals surface area contributed by atoms with E-state index in [0.717, 1.165) is 17.7 Å². The molecule has 0 saturated heterocycles. The fourth-order valence-electron chi connectivity index (χ4n) is 1.92. The van der Waals surface area contributed by atoms with Gasteiger partial charge in [0.2, 0.25) is 11.8 Å². The van der Waals surface area contributed by atoms with Gasteiger partial charge >= 0.3 is 0 Å². The summed E-state index contributed by atoms with van der Waals surface area (Å²) in [5.41, 5.74) is 0.940. The zero-order chi connectivity index (χ0) is 13.8. The minimum atomic E-state index is -0.416. The zero-order valence-electron chi connectivity index (χ0n) is 10.7. The number of halogens is 1. The van der Waals surface area contributed by atoms with E-state index in [1.165, 1.54) is 0 Å². The summed E-state index contributed by atoms with van der Waals surface area (Å²) in [6.07, 6.45) is 3.02. The zero-order valence-corrected chi connectivity index (χ0v) is 11.5. The minimum absolute atomic E-state index is 0.416. The molecule has 0 aliphatic rings. The second-order valence-electron chi connectivity index (χ2n) is 4.39. The lowest BCUT2D eigenvalue weighted by molar-refractivity contribution is 0.440. The maximum atomic E-state index is 6.33. The summed E-state index contributed by atoms with van der Waals surface area (Å²) in [4.78, 5) is 0. The Hall–Kier alpha value is -2.07. The number of nitrogens with zero attached hydrogens (tertiary/aromatic N) is 2. The Balaban J connectivity index is 1.67. The topological polar surface area (TPSA) is 52.1 Å². The summed E-state index contributed by atoms with van der Waals surface area (Å²) in [5.74, 6) is 1.89. The summed E-state index contributed by atoms with van der Waals surface area (Å²) in [6.45, 7) is 0. The molecule has 4 nitrogen and oxygen atoms in total. The van der Waals surface area contributed by atoms with Gasteiger partial charge in [0.25, 0.3) is 0 Å². The lowest BCUT2D eigenvalue weighted by Gasteiger charge is -2.03. The Morgan fingerprint density at radius 2 is 1.85 bits per heavy atom. The highest BCUT2D eigenvalue weighted by Crippen LogP contribution is 2.27. The van der Waals surface area contributed by atoms with Crippen LogP contribution in [0.4, 0.5) is 0 Å². The molecule has 1 atom stereocenters. The van der Waals surface area contributed by atoms with Crippen LogP contribution in [0, 0.1) is 0 Å². The maximum absolute atomic E-state index is 6.33. The van der Waals surface area contributed by atoms with E-state index in [0.29, 0.717) is 18.2 Å². The molecule has 2 heterocycles. The Labute approximate surface area is 121 Å². The molecule has 3 rings (SSSR count). The number of hydrogen-bond donors (Lipinski definition) is 0. The van der Waals surface area contributed by atoms with E-state index < -0.39 is 5.38 Å². The van der Waals surface area contributed by atoms with Gasteiger partial charge in [0.05, 0.1) is 6.26 Å². The number of benzene rings is 1. The first kappa shape index (κ1) is 12.9. The van der Waals surface area contributed by atoms with Crippen LogP contribution in [0.25, 0.3) is 0 Å². The molecule has 0 spiro atoms. The van der Waals surface area contributed by atoms with Crippen LogP contribution >= 0.6 is 11.6 Å². The fourth-order valence-corrected chi connectivity index (χ4v) is 2.15. The molecule has 102 valence electrons. The minimum Gasteiger partial charge on any atom is -0.469 e. The first-order valence-electron chi connectivity index (χ1n) is 6.36. The molecule has 0 aliphatic heterocycles. The molecule has 0 N–H and O–H groups in total. The Morgan fingerprint density at radius 3 is 2.60 bits per heavy atom. The SMILES string of the molecule is ClC(c1ccccc1)c1nnc(CCc2ccco2)o1. The van der Waals surface area contributed by atoms with Crippen LogP contribution in [0.2, 0.25) is 0 Å². The van der Waals surface area contributed by atoms with Crippen LogP contribution in [-0.4, -0.2) is 10.2 Å². The monoisotopic (exact) mass is 288 g/mol. The molecular weight excluding hydrogens is 276 g/mol. The quantitative estimate of drug-likeness (QED) is 0.671. The van der Waals surface area contributed by atoms with E-state index in [9.17, 15) is 0 Å². The van der Waals surface area contributed by atoms with Gasteiger partial charge in [0.1, 0.15) is 11.1 Å². The van der Waals surface area contributed by atoms with Gasteiger partial charge in [-0.05, 0) is 17.7 Å². The second kappa shape index (κ2) is 5.92. The standard InChI is InChI=1S/C15H13ClN2O2/c16-14(11-5-2-1-3-6-11)15-18-17-13(20-15)9-8-12-7-4-10-19-12/h1-7,10,14H,8-9H2. The van der Waals surface area contributed by atoms with E-state index in [1.54, 1.807) is 6.26 Å². The molecule has 0 saturated carbocycles. The summed E-state index contributed by atoms with van der Waals surface area (Å²) >= 11 is 6.33. The third-order valence-electron chi connectivity index (χ3n) is 2.96. The molecule has 0 bridgehead atoms. The van der Waals surface area contributed by atoms with Gasteiger partial charge in [-0.3, -0.25) is 0 Å². The Kier molecular flexibility index (Phi) is 3.83. The van der Waals surface area contributed by atoms with Crippen molar-refractivity contribution < 1.29 is 8.83 Å². The molecule has 0 amide bonds. The van der Waals surface area contributed by atoms with Crippen molar-refractivity contribution in [2.75, 3.05) is 0 Å². The van der Waals surface area contributed by atoms with Crippen LogP contribution in [0.15, 0.2) is 57.6 Å². The van der Waals surface area contributed by atoms with Gasteiger partial charge in [0, 0.05) is 12.8 Å². The average molecular weight is 289 g/mol. The van der Waals surface area contributed by atoms with Crippen molar-refractivity contribution >= 4 is 11.6 Å². The molecular formula is C15H13ClN2O2. The fraction of sp³-hybridized carbons (Fsp3) is 0.200. The van der Waals surface area contributed by atoms with Gasteiger partial charge < -0.3 is 8.83 Å². The first-order chi connectivity index (χ1) is 9.83. The largest absolute Gasteiger partial charge is 0.469 e. The molecule has 1 aromatic carbocycles. The molecule has 0 radical (unpaired) electrons. The van der Waals surface area contributed by atoms with E-state index in [4.69, 9.17) is 20.4 Å². The van der Waals surface area contributed by atoms with Gasteiger partial charge in [-0.2, -0.15) is 0 Å². The summed E-state index contributed by atoms with van der Waals surface area (Å²) < 4.78 is 10.9. The summed E-state index contributed by atoms with van der Waals surface area (Å²) in [5, 5.41) is 7.62. The predicted molar refractivity (Wildman–Crippen MR) is 74.6 cm³/mol. The smallest absolute Gasteiger partial charge is 0.238 e. The van der Waals surface area contributed by atoms with Gasteiger partial charge in [0.15, 0.2) is 0 Å². The van der Waals surface area contributed by atoms with Crippen molar-refractivity contribution in [3.8, 4) is 0 Å². The molecule has 20 heavy (non-hydrogen) atoms. The van der Waals surface area contributed by atoms with Crippen molar-refractivity contribution in [1.82, 2.24) is 10.2 Å².